The number of aromatic nitrogens is 4. The highest BCUT2D eigenvalue weighted by atomic mass is 79.9. The molecule has 1 aromatic heterocycles. The summed E-state index contributed by atoms with van der Waals surface area (Å²) >= 11 is 11.1. The molecule has 0 saturated carbocycles. The molecule has 30 heavy (non-hydrogen) atoms. The summed E-state index contributed by atoms with van der Waals surface area (Å²) < 4.78 is 7.98. The molecule has 1 aliphatic rings. The first-order valence-corrected chi connectivity index (χ1v) is 11.4. The number of carbonyl (C=O) groups excluding carboxylic acids is 1. The Bertz CT molecular complexity index is 1030. The maximum Gasteiger partial charge on any atom is 0.234 e. The van der Waals surface area contributed by atoms with Gasteiger partial charge >= 0.3 is 0 Å². The molecule has 2 aromatic carbocycles. The standard InChI is InChI=1S/C19H18BrClN6O2S/c20-13-4-6-14(7-5-13)27-19(23-24-25-27)30-12-17(28)22-16-3-1-2-15(21)18(16)26-8-10-29-11-9-26/h1-7H,8-12H2,(H,22,28). The molecule has 1 aliphatic heterocycles. The lowest BCUT2D eigenvalue weighted by Gasteiger charge is -2.31. The van der Waals surface area contributed by atoms with Crippen LogP contribution in [-0.4, -0.2) is 58.2 Å². The molecule has 11 heteroatoms. The van der Waals surface area contributed by atoms with Crippen molar-refractivity contribution in [1.29, 1.82) is 0 Å². The van der Waals surface area contributed by atoms with Gasteiger partial charge in [-0.2, -0.15) is 4.68 Å². The largest absolute Gasteiger partial charge is 0.378 e. The molecule has 0 unspecified atom stereocenters. The number of tetrazole rings is 1. The minimum Gasteiger partial charge on any atom is -0.378 e. The predicted octanol–water partition coefficient (Wildman–Crippen LogP) is 3.65. The molecule has 0 atom stereocenters. The number of hydrogen-bond donors (Lipinski definition) is 1. The molecule has 8 nitrogen and oxygen atoms in total. The van der Waals surface area contributed by atoms with Crippen molar-refractivity contribution < 1.29 is 9.53 Å². The summed E-state index contributed by atoms with van der Waals surface area (Å²) in [5.41, 5.74) is 2.32. The number of morpholine rings is 1. The number of benzene rings is 2. The van der Waals surface area contributed by atoms with Gasteiger partial charge in [0, 0.05) is 17.6 Å². The lowest BCUT2D eigenvalue weighted by atomic mass is 10.2. The highest BCUT2D eigenvalue weighted by Gasteiger charge is 2.19. The SMILES string of the molecule is O=C(CSc1nnnn1-c1ccc(Br)cc1)Nc1cccc(Cl)c1N1CCOCC1. The van der Waals surface area contributed by atoms with E-state index in [-0.39, 0.29) is 11.7 Å². The van der Waals surface area contributed by atoms with Gasteiger partial charge in [0.25, 0.3) is 0 Å². The van der Waals surface area contributed by atoms with Gasteiger partial charge in [0.05, 0.1) is 41.1 Å². The van der Waals surface area contributed by atoms with Gasteiger partial charge in [0.15, 0.2) is 0 Å². The van der Waals surface area contributed by atoms with Gasteiger partial charge in [-0.1, -0.05) is 45.4 Å². The van der Waals surface area contributed by atoms with Gasteiger partial charge in [-0.15, -0.1) is 5.10 Å². The first kappa shape index (κ1) is 21.1. The van der Waals surface area contributed by atoms with E-state index in [1.54, 1.807) is 4.68 Å². The number of halogens is 2. The quantitative estimate of drug-likeness (QED) is 0.508. The third-order valence-corrected chi connectivity index (χ3v) is 6.19. The molecular weight excluding hydrogens is 492 g/mol. The molecule has 1 amide bonds. The summed E-state index contributed by atoms with van der Waals surface area (Å²) in [6.07, 6.45) is 0. The summed E-state index contributed by atoms with van der Waals surface area (Å²) in [6.45, 7) is 2.72. The third kappa shape index (κ3) is 4.94. The molecule has 3 aromatic rings. The number of hydrogen-bond acceptors (Lipinski definition) is 7. The minimum atomic E-state index is -0.165. The van der Waals surface area contributed by atoms with Gasteiger partial charge in [0.2, 0.25) is 11.1 Å². The summed E-state index contributed by atoms with van der Waals surface area (Å²) in [6, 6.07) is 13.1. The van der Waals surface area contributed by atoms with Crippen LogP contribution in [0.1, 0.15) is 0 Å². The zero-order valence-corrected chi connectivity index (χ0v) is 19.0. The summed E-state index contributed by atoms with van der Waals surface area (Å²) in [7, 11) is 0. The van der Waals surface area contributed by atoms with Crippen molar-refractivity contribution in [3.05, 3.63) is 52.0 Å². The molecule has 0 bridgehead atoms. The molecule has 1 saturated heterocycles. The third-order valence-electron chi connectivity index (χ3n) is 4.43. The average molecular weight is 510 g/mol. The fraction of sp³-hybridized carbons (Fsp3) is 0.263. The average Bonchev–Trinajstić information content (AvgIpc) is 3.22. The molecule has 0 radical (unpaired) electrons. The van der Waals surface area contributed by atoms with Gasteiger partial charge in [-0.05, 0) is 46.8 Å². The molecule has 4 rings (SSSR count). The highest BCUT2D eigenvalue weighted by Crippen LogP contribution is 2.34. The fourth-order valence-electron chi connectivity index (χ4n) is 3.05. The number of thioether (sulfide) groups is 1. The van der Waals surface area contributed by atoms with E-state index in [2.05, 4.69) is 41.7 Å². The number of nitrogens with one attached hydrogen (secondary N) is 1. The van der Waals surface area contributed by atoms with E-state index in [0.29, 0.717) is 29.1 Å². The van der Waals surface area contributed by atoms with Crippen LogP contribution in [0.15, 0.2) is 52.1 Å². The molecule has 0 aliphatic carbocycles. The van der Waals surface area contributed by atoms with Crippen molar-refractivity contribution in [1.82, 2.24) is 20.2 Å². The van der Waals surface area contributed by atoms with E-state index >= 15 is 0 Å². The maximum absolute atomic E-state index is 12.6. The van der Waals surface area contributed by atoms with Gasteiger partial charge in [-0.25, -0.2) is 0 Å². The van der Waals surface area contributed by atoms with Crippen molar-refractivity contribution in [3.63, 3.8) is 0 Å². The number of ether oxygens (including phenoxy) is 1. The van der Waals surface area contributed by atoms with Crippen LogP contribution in [0.3, 0.4) is 0 Å². The van der Waals surface area contributed by atoms with Crippen LogP contribution in [0.2, 0.25) is 5.02 Å². The first-order chi connectivity index (χ1) is 14.6. The zero-order chi connectivity index (χ0) is 20.9. The van der Waals surface area contributed by atoms with E-state index in [4.69, 9.17) is 16.3 Å². The molecule has 1 N–H and O–H groups in total. The van der Waals surface area contributed by atoms with Crippen molar-refractivity contribution in [2.45, 2.75) is 5.16 Å². The van der Waals surface area contributed by atoms with Crippen LogP contribution in [0.5, 0.6) is 0 Å². The maximum atomic E-state index is 12.6. The van der Waals surface area contributed by atoms with Crippen molar-refractivity contribution >= 4 is 56.6 Å². The molecule has 1 fully saturated rings. The molecular formula is C19H18BrClN6O2S. The van der Waals surface area contributed by atoms with Crippen LogP contribution in [0.4, 0.5) is 11.4 Å². The van der Waals surface area contributed by atoms with Crippen molar-refractivity contribution in [3.8, 4) is 5.69 Å². The second kappa shape index (κ2) is 9.78. The van der Waals surface area contributed by atoms with E-state index in [9.17, 15) is 4.79 Å². The number of anilines is 2. The lowest BCUT2D eigenvalue weighted by Crippen LogP contribution is -2.37. The normalized spacial score (nSPS) is 14.0. The molecule has 2 heterocycles. The zero-order valence-electron chi connectivity index (χ0n) is 15.8. The van der Waals surface area contributed by atoms with E-state index in [0.717, 1.165) is 28.9 Å². The monoisotopic (exact) mass is 508 g/mol. The van der Waals surface area contributed by atoms with Crippen LogP contribution in [0, 0.1) is 0 Å². The summed E-state index contributed by atoms with van der Waals surface area (Å²) in [5.74, 6) is -0.00600. The topological polar surface area (TPSA) is 85.2 Å². The first-order valence-electron chi connectivity index (χ1n) is 9.20. The smallest absolute Gasteiger partial charge is 0.234 e. The predicted molar refractivity (Wildman–Crippen MR) is 121 cm³/mol. The second-order valence-corrected chi connectivity index (χ2v) is 8.69. The Morgan fingerprint density at radius 3 is 2.73 bits per heavy atom. The minimum absolute atomic E-state index is 0.159. The van der Waals surface area contributed by atoms with Crippen molar-refractivity contribution in [2.24, 2.45) is 0 Å². The number of nitrogens with zero attached hydrogens (tertiary/aromatic N) is 5. The number of carbonyl (C=O) groups is 1. The van der Waals surface area contributed by atoms with Gasteiger partial charge in [-0.3, -0.25) is 4.79 Å². The van der Waals surface area contributed by atoms with Crippen LogP contribution in [-0.2, 0) is 9.53 Å². The van der Waals surface area contributed by atoms with E-state index in [1.807, 2.05) is 42.5 Å². The van der Waals surface area contributed by atoms with Gasteiger partial charge < -0.3 is 15.0 Å². The Hall–Kier alpha value is -2.14. The number of amides is 1. The second-order valence-electron chi connectivity index (χ2n) is 6.42. The van der Waals surface area contributed by atoms with Crippen molar-refractivity contribution in [2.75, 3.05) is 42.3 Å². The summed E-state index contributed by atoms with van der Waals surface area (Å²) in [4.78, 5) is 14.8. The Labute approximate surface area is 191 Å². The molecule has 0 spiro atoms. The molecule has 156 valence electrons. The van der Waals surface area contributed by atoms with E-state index < -0.39 is 0 Å². The number of rotatable bonds is 6. The van der Waals surface area contributed by atoms with Crippen LogP contribution >= 0.6 is 39.3 Å². The Kier molecular flexibility index (Phi) is 6.88. The van der Waals surface area contributed by atoms with E-state index in [1.165, 1.54) is 11.8 Å². The van der Waals surface area contributed by atoms with Crippen LogP contribution < -0.4 is 10.2 Å². The Balaban J connectivity index is 1.44. The fourth-order valence-corrected chi connectivity index (χ4v) is 4.30. The number of para-hydroxylation sites is 1. The lowest BCUT2D eigenvalue weighted by molar-refractivity contribution is -0.113. The summed E-state index contributed by atoms with van der Waals surface area (Å²) in [5, 5.41) is 15.9. The van der Waals surface area contributed by atoms with Gasteiger partial charge in [0.1, 0.15) is 0 Å². The Morgan fingerprint density at radius 1 is 1.20 bits per heavy atom. The van der Waals surface area contributed by atoms with Crippen LogP contribution in [0.25, 0.3) is 5.69 Å². The Morgan fingerprint density at radius 2 is 1.97 bits per heavy atom. The highest BCUT2D eigenvalue weighted by molar-refractivity contribution is 9.10.